The van der Waals surface area contributed by atoms with Crippen LogP contribution in [0.25, 0.3) is 5.69 Å². The molecular weight excluding hydrogens is 274 g/mol. The van der Waals surface area contributed by atoms with Crippen molar-refractivity contribution < 1.29 is 5.11 Å². The van der Waals surface area contributed by atoms with Crippen LogP contribution in [-0.4, -0.2) is 39.5 Å². The van der Waals surface area contributed by atoms with Crippen LogP contribution in [0.5, 0.6) is 0 Å². The van der Waals surface area contributed by atoms with E-state index >= 15 is 0 Å². The normalized spacial score (nSPS) is 13.5. The Balaban J connectivity index is 1.91. The third-order valence-corrected chi connectivity index (χ3v) is 4.19. The molecule has 0 atom stereocenters. The number of fused-ring (bicyclic) bond motifs is 1. The Kier molecular flexibility index (Phi) is 4.71. The van der Waals surface area contributed by atoms with Crippen molar-refractivity contribution in [2.24, 2.45) is 0 Å². The van der Waals surface area contributed by atoms with Crippen LogP contribution in [0.3, 0.4) is 0 Å². The Bertz CT molecular complexity index is 633. The predicted molar refractivity (Wildman–Crippen MR) is 88.1 cm³/mol. The summed E-state index contributed by atoms with van der Waals surface area (Å²) in [6.45, 7) is 6.16. The monoisotopic (exact) mass is 297 g/mol. The average molecular weight is 297 g/mol. The molecule has 22 heavy (non-hydrogen) atoms. The molecule has 0 amide bonds. The van der Waals surface area contributed by atoms with Crippen LogP contribution in [0.4, 0.5) is 0 Å². The Labute approximate surface area is 131 Å². The molecule has 3 rings (SSSR count). The summed E-state index contributed by atoms with van der Waals surface area (Å²) in [4.78, 5) is 2.18. The van der Waals surface area contributed by atoms with Crippen molar-refractivity contribution in [3.63, 3.8) is 0 Å². The summed E-state index contributed by atoms with van der Waals surface area (Å²) in [5.74, 6) is 0. The van der Waals surface area contributed by atoms with E-state index in [4.69, 9.17) is 5.10 Å². The van der Waals surface area contributed by atoms with Gasteiger partial charge in [-0.15, -0.1) is 6.58 Å². The third-order valence-electron chi connectivity index (χ3n) is 4.19. The first-order chi connectivity index (χ1) is 10.8. The molecule has 1 aliphatic rings. The van der Waals surface area contributed by atoms with Crippen LogP contribution in [0.1, 0.15) is 23.4 Å². The lowest BCUT2D eigenvalue weighted by Gasteiger charge is -2.18. The minimum Gasteiger partial charge on any atom is -0.395 e. The largest absolute Gasteiger partial charge is 0.395 e. The van der Waals surface area contributed by atoms with Gasteiger partial charge in [0.2, 0.25) is 0 Å². The summed E-state index contributed by atoms with van der Waals surface area (Å²) in [6.07, 6.45) is 5.29. The maximum atomic E-state index is 9.22. The fourth-order valence-electron chi connectivity index (χ4n) is 3.19. The van der Waals surface area contributed by atoms with Gasteiger partial charge in [0.25, 0.3) is 0 Å². The average Bonchev–Trinajstić information content (AvgIpc) is 3.12. The number of aromatic nitrogens is 2. The van der Waals surface area contributed by atoms with E-state index in [1.165, 1.54) is 17.7 Å². The second kappa shape index (κ2) is 6.90. The summed E-state index contributed by atoms with van der Waals surface area (Å²) in [6, 6.07) is 10.3. The second-order valence-electron chi connectivity index (χ2n) is 5.72. The van der Waals surface area contributed by atoms with Crippen LogP contribution in [0, 0.1) is 0 Å². The Hall–Kier alpha value is -1.91. The molecule has 4 heteroatoms. The van der Waals surface area contributed by atoms with Gasteiger partial charge in [0.15, 0.2) is 0 Å². The molecular formula is C18H23N3O. The maximum Gasteiger partial charge on any atom is 0.0804 e. The fraction of sp³-hybridized carbons (Fsp3) is 0.389. The number of rotatable bonds is 7. The lowest BCUT2D eigenvalue weighted by atomic mass is 10.2. The van der Waals surface area contributed by atoms with Crippen LogP contribution in [0.15, 0.2) is 43.0 Å². The van der Waals surface area contributed by atoms with Crippen LogP contribution in [-0.2, 0) is 19.4 Å². The van der Waals surface area contributed by atoms with E-state index in [1.807, 2.05) is 24.3 Å². The van der Waals surface area contributed by atoms with Crippen molar-refractivity contribution in [1.82, 2.24) is 14.7 Å². The van der Waals surface area contributed by atoms with Gasteiger partial charge in [0.05, 0.1) is 18.0 Å². The van der Waals surface area contributed by atoms with Crippen molar-refractivity contribution in [3.05, 3.63) is 59.9 Å². The molecule has 0 saturated heterocycles. The number of hydrogen-bond acceptors (Lipinski definition) is 3. The Morgan fingerprint density at radius 3 is 2.82 bits per heavy atom. The first-order valence-electron chi connectivity index (χ1n) is 7.92. The maximum absolute atomic E-state index is 9.22. The van der Waals surface area contributed by atoms with Gasteiger partial charge in [-0.05, 0) is 37.0 Å². The van der Waals surface area contributed by atoms with E-state index in [-0.39, 0.29) is 6.61 Å². The summed E-state index contributed by atoms with van der Waals surface area (Å²) in [5, 5.41) is 14.1. The number of para-hydroxylation sites is 1. The number of benzene rings is 1. The Morgan fingerprint density at radius 1 is 1.27 bits per heavy atom. The molecule has 2 aromatic rings. The van der Waals surface area contributed by atoms with E-state index in [0.29, 0.717) is 6.54 Å². The molecule has 1 aromatic heterocycles. The molecule has 0 unspecified atom stereocenters. The lowest BCUT2D eigenvalue weighted by molar-refractivity contribution is 0.201. The van der Waals surface area contributed by atoms with Crippen molar-refractivity contribution in [2.75, 3.05) is 19.7 Å². The summed E-state index contributed by atoms with van der Waals surface area (Å²) < 4.78 is 2.10. The first-order valence-corrected chi connectivity index (χ1v) is 7.92. The fourth-order valence-corrected chi connectivity index (χ4v) is 3.19. The van der Waals surface area contributed by atoms with Gasteiger partial charge in [-0.2, -0.15) is 5.10 Å². The van der Waals surface area contributed by atoms with Gasteiger partial charge in [-0.3, -0.25) is 4.90 Å². The summed E-state index contributed by atoms with van der Waals surface area (Å²) in [7, 11) is 0. The van der Waals surface area contributed by atoms with Gasteiger partial charge in [-0.25, -0.2) is 4.68 Å². The standard InChI is InChI=1S/C18H23N3O/c1-2-11-20(12-13-22)14-17-16-9-6-10-18(16)21(19-17)15-7-4-3-5-8-15/h2-5,7-8,22H,1,6,9-14H2. The number of aliphatic hydroxyl groups excluding tert-OH is 1. The minimum absolute atomic E-state index is 0.162. The molecule has 4 nitrogen and oxygen atoms in total. The summed E-state index contributed by atoms with van der Waals surface area (Å²) in [5.41, 5.74) is 5.02. The highest BCUT2D eigenvalue weighted by Crippen LogP contribution is 2.28. The molecule has 0 saturated carbocycles. The van der Waals surface area contributed by atoms with Crippen LogP contribution < -0.4 is 0 Å². The van der Waals surface area contributed by atoms with Crippen LogP contribution in [0.2, 0.25) is 0 Å². The molecule has 0 radical (unpaired) electrons. The zero-order valence-electron chi connectivity index (χ0n) is 12.9. The third kappa shape index (κ3) is 2.98. The van der Waals surface area contributed by atoms with Crippen molar-refractivity contribution >= 4 is 0 Å². The van der Waals surface area contributed by atoms with E-state index in [9.17, 15) is 5.11 Å². The van der Waals surface area contributed by atoms with E-state index in [2.05, 4.69) is 28.3 Å². The lowest BCUT2D eigenvalue weighted by Crippen LogP contribution is -2.27. The quantitative estimate of drug-likeness (QED) is 0.798. The van der Waals surface area contributed by atoms with Gasteiger partial charge in [-0.1, -0.05) is 24.3 Å². The zero-order valence-corrected chi connectivity index (χ0v) is 12.9. The predicted octanol–water partition coefficient (Wildman–Crippen LogP) is 2.34. The molecule has 1 heterocycles. The zero-order chi connectivity index (χ0) is 15.4. The molecule has 1 aromatic carbocycles. The highest BCUT2D eigenvalue weighted by Gasteiger charge is 2.23. The Morgan fingerprint density at radius 2 is 2.09 bits per heavy atom. The number of hydrogen-bond donors (Lipinski definition) is 1. The molecule has 0 spiro atoms. The topological polar surface area (TPSA) is 41.3 Å². The number of nitrogens with zero attached hydrogens (tertiary/aromatic N) is 3. The number of aliphatic hydroxyl groups is 1. The van der Waals surface area contributed by atoms with E-state index in [0.717, 1.165) is 37.3 Å². The smallest absolute Gasteiger partial charge is 0.0804 e. The highest BCUT2D eigenvalue weighted by molar-refractivity contribution is 5.39. The molecule has 1 aliphatic carbocycles. The van der Waals surface area contributed by atoms with Gasteiger partial charge >= 0.3 is 0 Å². The van der Waals surface area contributed by atoms with Crippen molar-refractivity contribution in [1.29, 1.82) is 0 Å². The minimum atomic E-state index is 0.162. The van der Waals surface area contributed by atoms with E-state index < -0.39 is 0 Å². The van der Waals surface area contributed by atoms with Gasteiger partial charge < -0.3 is 5.11 Å². The van der Waals surface area contributed by atoms with Gasteiger partial charge in [0.1, 0.15) is 0 Å². The van der Waals surface area contributed by atoms with Crippen LogP contribution >= 0.6 is 0 Å². The molecule has 1 N–H and O–H groups in total. The van der Waals surface area contributed by atoms with Gasteiger partial charge in [0, 0.05) is 25.3 Å². The molecule has 0 aliphatic heterocycles. The highest BCUT2D eigenvalue weighted by atomic mass is 16.3. The van der Waals surface area contributed by atoms with Crippen molar-refractivity contribution in [3.8, 4) is 5.69 Å². The molecule has 116 valence electrons. The molecule has 0 fully saturated rings. The van der Waals surface area contributed by atoms with E-state index in [1.54, 1.807) is 0 Å². The first kappa shape index (κ1) is 15.0. The SMILES string of the molecule is C=CCN(CCO)Cc1nn(-c2ccccc2)c2c1CCC2. The molecule has 0 bridgehead atoms. The second-order valence-corrected chi connectivity index (χ2v) is 5.72. The van der Waals surface area contributed by atoms with Crippen molar-refractivity contribution in [2.45, 2.75) is 25.8 Å². The summed E-state index contributed by atoms with van der Waals surface area (Å²) >= 11 is 0.